The van der Waals surface area contributed by atoms with Crippen LogP contribution in [0.4, 0.5) is 0 Å². The van der Waals surface area contributed by atoms with Crippen LogP contribution in [0.5, 0.6) is 0 Å². The lowest BCUT2D eigenvalue weighted by Crippen LogP contribution is -2.49. The van der Waals surface area contributed by atoms with Crippen LogP contribution in [0.2, 0.25) is 0 Å². The summed E-state index contributed by atoms with van der Waals surface area (Å²) in [5.41, 5.74) is 9.11. The van der Waals surface area contributed by atoms with Gasteiger partial charge in [0.2, 0.25) is 0 Å². The summed E-state index contributed by atoms with van der Waals surface area (Å²) in [6.07, 6.45) is 7.72. The Morgan fingerprint density at radius 1 is 1.10 bits per heavy atom. The summed E-state index contributed by atoms with van der Waals surface area (Å²) in [5.74, 6) is 5.92. The average Bonchev–Trinajstić information content (AvgIpc) is 2.38. The molecule has 2 nitrogen and oxygen atoms in total. The van der Waals surface area contributed by atoms with Crippen LogP contribution in [0.3, 0.4) is 0 Å². The highest BCUT2D eigenvalue weighted by Crippen LogP contribution is 2.40. The summed E-state index contributed by atoms with van der Waals surface area (Å²) < 4.78 is 0. The van der Waals surface area contributed by atoms with Gasteiger partial charge in [-0.2, -0.15) is 0 Å². The topological polar surface area (TPSA) is 38.0 Å². The Labute approximate surface area is 124 Å². The minimum absolute atomic E-state index is 0.344. The monoisotopic (exact) mass is 274 g/mol. The fourth-order valence-corrected chi connectivity index (χ4v) is 3.95. The fourth-order valence-electron chi connectivity index (χ4n) is 3.95. The molecule has 1 atom stereocenters. The lowest BCUT2D eigenvalue weighted by atomic mass is 9.69. The van der Waals surface area contributed by atoms with Gasteiger partial charge in [0.05, 0.1) is 0 Å². The molecule has 2 heteroatoms. The lowest BCUT2D eigenvalue weighted by Gasteiger charge is -2.41. The van der Waals surface area contributed by atoms with E-state index in [1.54, 1.807) is 0 Å². The Morgan fingerprint density at radius 2 is 1.65 bits per heavy atom. The number of aryl methyl sites for hydroxylation is 3. The Balaban J connectivity index is 2.22. The molecule has 0 spiro atoms. The van der Waals surface area contributed by atoms with Crippen LogP contribution >= 0.6 is 0 Å². The van der Waals surface area contributed by atoms with Gasteiger partial charge in [0.1, 0.15) is 0 Å². The van der Waals surface area contributed by atoms with Crippen molar-refractivity contribution in [3.05, 3.63) is 34.4 Å². The molecule has 1 saturated carbocycles. The van der Waals surface area contributed by atoms with Crippen molar-refractivity contribution < 1.29 is 0 Å². The molecule has 0 amide bonds. The molecule has 0 radical (unpaired) electrons. The maximum Gasteiger partial charge on any atom is 0.0304 e. The Kier molecular flexibility index (Phi) is 4.87. The predicted molar refractivity (Wildman–Crippen MR) is 86.7 cm³/mol. The van der Waals surface area contributed by atoms with Gasteiger partial charge in [-0.15, -0.1) is 0 Å². The second-order valence-corrected chi connectivity index (χ2v) is 7.02. The molecule has 1 aliphatic carbocycles. The minimum Gasteiger partial charge on any atom is -0.271 e. The van der Waals surface area contributed by atoms with E-state index < -0.39 is 0 Å². The molecule has 0 heterocycles. The van der Waals surface area contributed by atoms with Gasteiger partial charge < -0.3 is 0 Å². The Morgan fingerprint density at radius 3 is 2.15 bits per heavy atom. The van der Waals surface area contributed by atoms with Gasteiger partial charge in [0.25, 0.3) is 0 Å². The summed E-state index contributed by atoms with van der Waals surface area (Å²) in [4.78, 5) is 0. The molecule has 2 rings (SSSR count). The van der Waals surface area contributed by atoms with Gasteiger partial charge in [-0.3, -0.25) is 11.3 Å². The molecule has 0 aliphatic heterocycles. The highest BCUT2D eigenvalue weighted by Gasteiger charge is 2.35. The van der Waals surface area contributed by atoms with Crippen molar-refractivity contribution in [3.8, 4) is 0 Å². The van der Waals surface area contributed by atoms with E-state index in [2.05, 4.69) is 45.3 Å². The van der Waals surface area contributed by atoms with Crippen molar-refractivity contribution >= 4 is 0 Å². The van der Waals surface area contributed by atoms with Gasteiger partial charge in [0.15, 0.2) is 0 Å². The third-order valence-electron chi connectivity index (χ3n) is 5.29. The van der Waals surface area contributed by atoms with Gasteiger partial charge >= 0.3 is 0 Å². The van der Waals surface area contributed by atoms with Crippen molar-refractivity contribution in [2.45, 2.75) is 72.3 Å². The third-order valence-corrected chi connectivity index (χ3v) is 5.29. The average molecular weight is 274 g/mol. The molecule has 20 heavy (non-hydrogen) atoms. The van der Waals surface area contributed by atoms with Crippen LogP contribution < -0.4 is 11.3 Å². The van der Waals surface area contributed by atoms with Crippen molar-refractivity contribution in [1.82, 2.24) is 5.43 Å². The molecule has 112 valence electrons. The highest BCUT2D eigenvalue weighted by atomic mass is 15.2. The predicted octanol–water partition coefficient (Wildman–Crippen LogP) is 3.96. The molecule has 3 N–H and O–H groups in total. The zero-order chi connectivity index (χ0) is 14.8. The standard InChI is InChI=1S/C18H30N2/c1-13-10-14(2)16(15(3)11-13)12-17(20-19)18(4)8-6-5-7-9-18/h10-11,17,20H,5-9,12,19H2,1-4H3. The van der Waals surface area contributed by atoms with Gasteiger partial charge in [0, 0.05) is 6.04 Å². The van der Waals surface area contributed by atoms with Crippen molar-refractivity contribution in [3.63, 3.8) is 0 Å². The van der Waals surface area contributed by atoms with E-state index in [9.17, 15) is 0 Å². The lowest BCUT2D eigenvalue weighted by molar-refractivity contribution is 0.143. The summed E-state index contributed by atoms with van der Waals surface area (Å²) in [6.45, 7) is 9.04. The second-order valence-electron chi connectivity index (χ2n) is 7.02. The van der Waals surface area contributed by atoms with E-state index >= 15 is 0 Å². The molecular formula is C18H30N2. The molecule has 1 aromatic rings. The maximum atomic E-state index is 5.92. The van der Waals surface area contributed by atoms with Crippen LogP contribution in [0.15, 0.2) is 12.1 Å². The smallest absolute Gasteiger partial charge is 0.0304 e. The van der Waals surface area contributed by atoms with E-state index in [0.717, 1.165) is 6.42 Å². The summed E-state index contributed by atoms with van der Waals surface area (Å²) in [7, 11) is 0. The number of hydrogen-bond acceptors (Lipinski definition) is 2. The SMILES string of the molecule is Cc1cc(C)c(CC(NN)C2(C)CCCCC2)c(C)c1. The first-order valence-corrected chi connectivity index (χ1v) is 7.99. The molecule has 1 aliphatic rings. The van der Waals surface area contributed by atoms with Gasteiger partial charge in [-0.1, -0.05) is 43.9 Å². The Hall–Kier alpha value is -0.860. The number of benzene rings is 1. The summed E-state index contributed by atoms with van der Waals surface area (Å²) in [6, 6.07) is 4.96. The second kappa shape index (κ2) is 6.28. The maximum absolute atomic E-state index is 5.92. The minimum atomic E-state index is 0.344. The number of hydrogen-bond donors (Lipinski definition) is 2. The first-order valence-electron chi connectivity index (χ1n) is 7.99. The molecule has 0 aromatic heterocycles. The van der Waals surface area contributed by atoms with Crippen molar-refractivity contribution in [2.75, 3.05) is 0 Å². The van der Waals surface area contributed by atoms with E-state index in [1.165, 1.54) is 54.4 Å². The summed E-state index contributed by atoms with van der Waals surface area (Å²) in [5, 5.41) is 0. The van der Waals surface area contributed by atoms with E-state index in [4.69, 9.17) is 5.84 Å². The number of rotatable bonds is 4. The third kappa shape index (κ3) is 3.24. The first-order chi connectivity index (χ1) is 9.46. The fraction of sp³-hybridized carbons (Fsp3) is 0.667. The molecule has 1 fully saturated rings. The number of nitrogens with one attached hydrogen (secondary N) is 1. The summed E-state index contributed by atoms with van der Waals surface area (Å²) >= 11 is 0. The van der Waals surface area contributed by atoms with Crippen LogP contribution in [0, 0.1) is 26.2 Å². The van der Waals surface area contributed by atoms with Gasteiger partial charge in [-0.05, 0) is 62.1 Å². The molecule has 1 unspecified atom stereocenters. The Bertz CT molecular complexity index is 435. The number of nitrogens with two attached hydrogens (primary N) is 1. The van der Waals surface area contributed by atoms with E-state index in [-0.39, 0.29) is 0 Å². The van der Waals surface area contributed by atoms with Crippen LogP contribution in [-0.2, 0) is 6.42 Å². The normalized spacial score (nSPS) is 19.9. The quantitative estimate of drug-likeness (QED) is 0.644. The zero-order valence-electron chi connectivity index (χ0n) is 13.6. The van der Waals surface area contributed by atoms with Crippen molar-refractivity contribution in [1.29, 1.82) is 0 Å². The molecule has 0 saturated heterocycles. The van der Waals surface area contributed by atoms with Crippen molar-refractivity contribution in [2.24, 2.45) is 11.3 Å². The molecule has 0 bridgehead atoms. The van der Waals surface area contributed by atoms with E-state index in [1.807, 2.05) is 0 Å². The van der Waals surface area contributed by atoms with Crippen LogP contribution in [0.25, 0.3) is 0 Å². The first kappa shape index (κ1) is 15.5. The van der Waals surface area contributed by atoms with Gasteiger partial charge in [-0.25, -0.2) is 0 Å². The molecule has 1 aromatic carbocycles. The highest BCUT2D eigenvalue weighted by molar-refractivity contribution is 5.38. The van der Waals surface area contributed by atoms with Crippen LogP contribution in [-0.4, -0.2) is 6.04 Å². The number of hydrazine groups is 1. The molecular weight excluding hydrogens is 244 g/mol. The van der Waals surface area contributed by atoms with E-state index in [0.29, 0.717) is 11.5 Å². The zero-order valence-corrected chi connectivity index (χ0v) is 13.6. The largest absolute Gasteiger partial charge is 0.271 e. The van der Waals surface area contributed by atoms with Crippen LogP contribution in [0.1, 0.15) is 61.3 Å².